The van der Waals surface area contributed by atoms with Gasteiger partial charge >= 0.3 is 0 Å². The molecular formula is C14H27IN4O3S2. The van der Waals surface area contributed by atoms with Crippen LogP contribution in [0.25, 0.3) is 0 Å². The first-order valence-electron chi connectivity index (χ1n) is 7.44. The molecule has 0 aliphatic carbocycles. The molecule has 0 saturated carbocycles. The zero-order valence-corrected chi connectivity index (χ0v) is 18.5. The largest absolute Gasteiger partial charge is 0.385 e. The molecule has 0 aliphatic heterocycles. The molecule has 0 unspecified atom stereocenters. The first-order valence-corrected chi connectivity index (χ1v) is 9.69. The van der Waals surface area contributed by atoms with Crippen LogP contribution >= 0.6 is 35.3 Å². The normalized spacial score (nSPS) is 12.1. The highest BCUT2D eigenvalue weighted by atomic mass is 127. The van der Waals surface area contributed by atoms with Crippen LogP contribution in [-0.4, -0.2) is 59.6 Å². The summed E-state index contributed by atoms with van der Waals surface area (Å²) in [4.78, 5) is 5.38. The van der Waals surface area contributed by atoms with Crippen molar-refractivity contribution in [1.29, 1.82) is 0 Å². The number of nitrogens with zero attached hydrogens (tertiary/aromatic N) is 2. The van der Waals surface area contributed by atoms with Crippen molar-refractivity contribution in [2.24, 2.45) is 4.99 Å². The molecule has 0 aliphatic rings. The molecule has 1 aromatic heterocycles. The maximum atomic E-state index is 12.1. The predicted molar refractivity (Wildman–Crippen MR) is 110 cm³/mol. The summed E-state index contributed by atoms with van der Waals surface area (Å²) in [6.45, 7) is 4.67. The fourth-order valence-corrected chi connectivity index (χ4v) is 4.13. The Morgan fingerprint density at radius 1 is 1.33 bits per heavy atom. The van der Waals surface area contributed by atoms with E-state index in [0.29, 0.717) is 23.3 Å². The molecule has 0 atom stereocenters. The Kier molecular flexibility index (Phi) is 11.8. The third-order valence-corrected chi connectivity index (χ3v) is 6.28. The number of methoxy groups -OCH3 is 1. The zero-order chi connectivity index (χ0) is 17.3. The first kappa shape index (κ1) is 23.6. The number of hydrogen-bond acceptors (Lipinski definition) is 5. The van der Waals surface area contributed by atoms with Crippen LogP contribution in [0, 0.1) is 0 Å². The fraction of sp³-hybridized carbons (Fsp3) is 0.643. The molecule has 0 saturated heterocycles. The summed E-state index contributed by atoms with van der Waals surface area (Å²) in [7, 11) is 1.36. The number of rotatable bonds is 9. The number of ether oxygens (including phenoxy) is 1. The van der Waals surface area contributed by atoms with Gasteiger partial charge in [0.2, 0.25) is 0 Å². The summed E-state index contributed by atoms with van der Waals surface area (Å²) >= 11 is 1.25. The van der Waals surface area contributed by atoms with Gasteiger partial charge in [-0.15, -0.1) is 35.3 Å². The summed E-state index contributed by atoms with van der Waals surface area (Å²) in [6, 6.07) is 3.43. The maximum Gasteiger partial charge on any atom is 0.252 e. The Labute approximate surface area is 165 Å². The van der Waals surface area contributed by atoms with Crippen LogP contribution in [0.1, 0.15) is 18.2 Å². The zero-order valence-electron chi connectivity index (χ0n) is 14.5. The molecule has 2 N–H and O–H groups in total. The lowest BCUT2D eigenvalue weighted by Gasteiger charge is -2.10. The molecule has 0 amide bonds. The molecule has 1 aromatic rings. The lowest BCUT2D eigenvalue weighted by Crippen LogP contribution is -2.38. The number of aliphatic imine (C=N–C) groups is 1. The van der Waals surface area contributed by atoms with Crippen molar-refractivity contribution < 1.29 is 13.2 Å². The van der Waals surface area contributed by atoms with Crippen LogP contribution in [-0.2, 0) is 21.3 Å². The number of sulfonamides is 1. The number of halogens is 1. The van der Waals surface area contributed by atoms with E-state index in [1.807, 2.05) is 6.92 Å². The molecule has 1 heterocycles. The van der Waals surface area contributed by atoms with Crippen molar-refractivity contribution in [3.05, 3.63) is 17.0 Å². The molecule has 0 bridgehead atoms. The highest BCUT2D eigenvalue weighted by molar-refractivity contribution is 14.0. The molecule has 140 valence electrons. The molecule has 0 aromatic carbocycles. The van der Waals surface area contributed by atoms with Crippen LogP contribution < -0.4 is 10.6 Å². The van der Waals surface area contributed by atoms with Gasteiger partial charge in [-0.3, -0.25) is 0 Å². The number of thiophene rings is 1. The van der Waals surface area contributed by atoms with Crippen molar-refractivity contribution in [3.63, 3.8) is 0 Å². The number of hydrogen-bond donors (Lipinski definition) is 2. The Bertz CT molecular complexity index is 603. The molecule has 0 fully saturated rings. The summed E-state index contributed by atoms with van der Waals surface area (Å²) < 4.78 is 30.7. The van der Waals surface area contributed by atoms with Crippen LogP contribution in [0.2, 0.25) is 0 Å². The second-order valence-electron chi connectivity index (χ2n) is 4.98. The van der Waals surface area contributed by atoms with E-state index in [2.05, 4.69) is 15.6 Å². The minimum absolute atomic E-state index is 0. The molecule has 10 heteroatoms. The Hall–Kier alpha value is -0.430. The molecule has 7 nitrogen and oxygen atoms in total. The van der Waals surface area contributed by atoms with Crippen LogP contribution in [0.15, 0.2) is 21.3 Å². The SMILES string of the molecule is CCNC(=NCc1ccc(S(=O)(=O)N(C)C)s1)NCCCOC.I. The van der Waals surface area contributed by atoms with E-state index in [1.54, 1.807) is 19.2 Å². The second kappa shape index (κ2) is 12.0. The van der Waals surface area contributed by atoms with Crippen molar-refractivity contribution >= 4 is 51.3 Å². The smallest absolute Gasteiger partial charge is 0.252 e. The summed E-state index contributed by atoms with van der Waals surface area (Å²) in [6.07, 6.45) is 0.894. The van der Waals surface area contributed by atoms with Crippen LogP contribution in [0.5, 0.6) is 0 Å². The van der Waals surface area contributed by atoms with Gasteiger partial charge in [-0.2, -0.15) is 0 Å². The van der Waals surface area contributed by atoms with Gasteiger partial charge in [0.05, 0.1) is 6.54 Å². The Balaban J connectivity index is 0.00000529. The van der Waals surface area contributed by atoms with E-state index in [4.69, 9.17) is 4.74 Å². The maximum absolute atomic E-state index is 12.1. The second-order valence-corrected chi connectivity index (χ2v) is 8.52. The molecule has 1 rings (SSSR count). The van der Waals surface area contributed by atoms with Crippen molar-refractivity contribution in [2.75, 3.05) is 40.9 Å². The third-order valence-electron chi connectivity index (χ3n) is 2.93. The Morgan fingerprint density at radius 2 is 2.04 bits per heavy atom. The van der Waals surface area contributed by atoms with Crippen molar-refractivity contribution in [2.45, 2.75) is 24.1 Å². The van der Waals surface area contributed by atoms with E-state index < -0.39 is 10.0 Å². The molecule has 0 radical (unpaired) electrons. The molecular weight excluding hydrogens is 463 g/mol. The van der Waals surface area contributed by atoms with E-state index >= 15 is 0 Å². The average Bonchev–Trinajstić information content (AvgIpc) is 2.98. The van der Waals surface area contributed by atoms with E-state index in [0.717, 1.165) is 24.4 Å². The lowest BCUT2D eigenvalue weighted by atomic mass is 10.4. The Morgan fingerprint density at radius 3 is 2.62 bits per heavy atom. The minimum atomic E-state index is -3.37. The highest BCUT2D eigenvalue weighted by Crippen LogP contribution is 2.24. The fourth-order valence-electron chi connectivity index (χ4n) is 1.68. The van der Waals surface area contributed by atoms with Crippen LogP contribution in [0.3, 0.4) is 0 Å². The van der Waals surface area contributed by atoms with Crippen molar-refractivity contribution in [1.82, 2.24) is 14.9 Å². The van der Waals surface area contributed by atoms with Gasteiger partial charge in [-0.1, -0.05) is 0 Å². The van der Waals surface area contributed by atoms with Crippen LogP contribution in [0.4, 0.5) is 0 Å². The monoisotopic (exact) mass is 490 g/mol. The van der Waals surface area contributed by atoms with E-state index in [-0.39, 0.29) is 24.0 Å². The summed E-state index contributed by atoms with van der Waals surface area (Å²) in [5, 5.41) is 6.38. The van der Waals surface area contributed by atoms with Gasteiger partial charge < -0.3 is 15.4 Å². The first-order chi connectivity index (χ1) is 10.9. The van der Waals surface area contributed by atoms with Gasteiger partial charge in [-0.05, 0) is 25.5 Å². The lowest BCUT2D eigenvalue weighted by molar-refractivity contribution is 0.195. The summed E-state index contributed by atoms with van der Waals surface area (Å²) in [5.74, 6) is 0.717. The van der Waals surface area contributed by atoms with Gasteiger partial charge in [0.25, 0.3) is 10.0 Å². The highest BCUT2D eigenvalue weighted by Gasteiger charge is 2.19. The van der Waals surface area contributed by atoms with Crippen molar-refractivity contribution in [3.8, 4) is 0 Å². The number of guanidine groups is 1. The third kappa shape index (κ3) is 7.64. The number of nitrogens with one attached hydrogen (secondary N) is 2. The van der Waals surface area contributed by atoms with Gasteiger partial charge in [0.1, 0.15) is 4.21 Å². The van der Waals surface area contributed by atoms with E-state index in [9.17, 15) is 8.42 Å². The standard InChI is InChI=1S/C14H26N4O3S2.HI/c1-5-15-14(16-9-6-10-21-4)17-11-12-7-8-13(22-12)23(19,20)18(2)3;/h7-8H,5-6,9-11H2,1-4H3,(H2,15,16,17);1H. The average molecular weight is 490 g/mol. The van der Waals surface area contributed by atoms with E-state index in [1.165, 1.54) is 29.7 Å². The molecule has 24 heavy (non-hydrogen) atoms. The predicted octanol–water partition coefficient (Wildman–Crippen LogP) is 1.71. The molecule has 0 spiro atoms. The topological polar surface area (TPSA) is 83.0 Å². The van der Waals surface area contributed by atoms with Gasteiger partial charge in [-0.25, -0.2) is 17.7 Å². The van der Waals surface area contributed by atoms with Gasteiger partial charge in [0.15, 0.2) is 5.96 Å². The summed E-state index contributed by atoms with van der Waals surface area (Å²) in [5.41, 5.74) is 0. The van der Waals surface area contributed by atoms with Gasteiger partial charge in [0, 0.05) is 45.8 Å². The minimum Gasteiger partial charge on any atom is -0.385 e. The quantitative estimate of drug-likeness (QED) is 0.238.